The number of rotatable bonds is 5. The van der Waals surface area contributed by atoms with Crippen LogP contribution in [0.2, 0.25) is 0 Å². The van der Waals surface area contributed by atoms with Gasteiger partial charge in [0.15, 0.2) is 5.82 Å². The number of nitrogens with zero attached hydrogens (tertiary/aromatic N) is 2. The van der Waals surface area contributed by atoms with Crippen molar-refractivity contribution < 1.29 is 22.5 Å². The van der Waals surface area contributed by atoms with Crippen molar-refractivity contribution in [3.63, 3.8) is 0 Å². The zero-order chi connectivity index (χ0) is 17.2. The molecule has 0 spiro atoms. The number of nitrogens with one attached hydrogen (secondary N) is 2. The molecule has 2 aromatic rings. The summed E-state index contributed by atoms with van der Waals surface area (Å²) in [5.74, 6) is 1.54. The van der Waals surface area contributed by atoms with Gasteiger partial charge in [-0.05, 0) is 37.1 Å². The average molecular weight is 340 g/mol. The fourth-order valence-corrected chi connectivity index (χ4v) is 2.07. The van der Waals surface area contributed by atoms with Gasteiger partial charge in [-0.2, -0.15) is 18.2 Å². The lowest BCUT2D eigenvalue weighted by atomic mass is 10.2. The van der Waals surface area contributed by atoms with E-state index in [0.717, 1.165) is 25.0 Å². The Bertz CT molecular complexity index is 708. The van der Waals surface area contributed by atoms with E-state index in [0.29, 0.717) is 24.1 Å². The number of benzene rings is 1. The van der Waals surface area contributed by atoms with Crippen molar-refractivity contribution in [3.05, 3.63) is 41.5 Å². The monoisotopic (exact) mass is 340 g/mol. The Labute approximate surface area is 135 Å². The van der Waals surface area contributed by atoms with Gasteiger partial charge in [0.05, 0.1) is 5.56 Å². The first-order valence-electron chi connectivity index (χ1n) is 7.46. The molecule has 24 heavy (non-hydrogen) atoms. The van der Waals surface area contributed by atoms with E-state index in [1.54, 1.807) is 0 Å². The summed E-state index contributed by atoms with van der Waals surface area (Å²) in [6.45, 7) is 0.288. The first-order chi connectivity index (χ1) is 11.4. The van der Waals surface area contributed by atoms with E-state index < -0.39 is 17.8 Å². The summed E-state index contributed by atoms with van der Waals surface area (Å²) in [6.07, 6.45) is -1.85. The minimum absolute atomic E-state index is 0.274. The molecule has 6 nitrogen and oxygen atoms in total. The zero-order valence-corrected chi connectivity index (χ0v) is 12.6. The number of hydrogen-bond acceptors (Lipinski definition) is 4. The van der Waals surface area contributed by atoms with Gasteiger partial charge in [-0.1, -0.05) is 5.16 Å². The Hall–Kier alpha value is -2.58. The largest absolute Gasteiger partial charge is 0.416 e. The van der Waals surface area contributed by atoms with E-state index in [1.165, 1.54) is 12.1 Å². The second kappa shape index (κ2) is 6.50. The van der Waals surface area contributed by atoms with Crippen LogP contribution in [0.25, 0.3) is 0 Å². The van der Waals surface area contributed by atoms with Crippen LogP contribution in [0.15, 0.2) is 28.8 Å². The van der Waals surface area contributed by atoms with E-state index in [9.17, 15) is 18.0 Å². The van der Waals surface area contributed by atoms with Crippen LogP contribution in [0.5, 0.6) is 0 Å². The molecule has 0 aliphatic heterocycles. The Morgan fingerprint density at radius 3 is 2.58 bits per heavy atom. The van der Waals surface area contributed by atoms with Crippen LogP contribution in [-0.2, 0) is 12.6 Å². The topological polar surface area (TPSA) is 80.1 Å². The molecule has 0 bridgehead atoms. The van der Waals surface area contributed by atoms with E-state index in [4.69, 9.17) is 4.52 Å². The lowest BCUT2D eigenvalue weighted by Crippen LogP contribution is -2.30. The van der Waals surface area contributed by atoms with Gasteiger partial charge < -0.3 is 15.2 Å². The van der Waals surface area contributed by atoms with Crippen molar-refractivity contribution in [2.45, 2.75) is 31.4 Å². The molecule has 0 atom stereocenters. The smallest absolute Gasteiger partial charge is 0.339 e. The number of urea groups is 1. The standard InChI is InChI=1S/C15H15F3N4O2/c16-15(17,18)10-3-5-11(6-4-10)20-14(23)19-8-7-12-21-13(24-22-12)9-1-2-9/h3-6,9H,1-2,7-8H2,(H2,19,20,23). The van der Waals surface area contributed by atoms with Gasteiger partial charge in [-0.3, -0.25) is 0 Å². The summed E-state index contributed by atoms with van der Waals surface area (Å²) >= 11 is 0. The van der Waals surface area contributed by atoms with E-state index in [-0.39, 0.29) is 12.2 Å². The van der Waals surface area contributed by atoms with Gasteiger partial charge >= 0.3 is 12.2 Å². The predicted molar refractivity (Wildman–Crippen MR) is 78.4 cm³/mol. The summed E-state index contributed by atoms with van der Waals surface area (Å²) in [7, 11) is 0. The number of hydrogen-bond donors (Lipinski definition) is 2. The Balaban J connectivity index is 1.43. The number of aromatic nitrogens is 2. The summed E-state index contributed by atoms with van der Waals surface area (Å²) < 4.78 is 42.4. The molecule has 1 aliphatic rings. The molecular weight excluding hydrogens is 325 g/mol. The third kappa shape index (κ3) is 4.24. The summed E-state index contributed by atoms with van der Waals surface area (Å²) in [6, 6.07) is 3.70. The van der Waals surface area contributed by atoms with E-state index in [1.807, 2.05) is 0 Å². The molecule has 128 valence electrons. The number of halogens is 3. The maximum absolute atomic E-state index is 12.4. The van der Waals surface area contributed by atoms with Gasteiger partial charge in [0, 0.05) is 24.6 Å². The Morgan fingerprint density at radius 2 is 1.96 bits per heavy atom. The molecule has 2 amide bonds. The number of carbonyl (C=O) groups is 1. The van der Waals surface area contributed by atoms with Crippen LogP contribution in [0.3, 0.4) is 0 Å². The van der Waals surface area contributed by atoms with Crippen LogP contribution in [0.4, 0.5) is 23.7 Å². The third-order valence-electron chi connectivity index (χ3n) is 3.51. The van der Waals surface area contributed by atoms with Crippen LogP contribution in [0.1, 0.15) is 36.0 Å². The number of anilines is 1. The van der Waals surface area contributed by atoms with Crippen LogP contribution >= 0.6 is 0 Å². The summed E-state index contributed by atoms with van der Waals surface area (Å²) in [5.41, 5.74) is -0.492. The molecule has 9 heteroatoms. The molecular formula is C15H15F3N4O2. The van der Waals surface area contributed by atoms with Gasteiger partial charge in [-0.15, -0.1) is 0 Å². The number of alkyl halides is 3. The van der Waals surface area contributed by atoms with Gasteiger partial charge in [0.25, 0.3) is 0 Å². The molecule has 3 rings (SSSR count). The molecule has 0 unspecified atom stereocenters. The maximum atomic E-state index is 12.4. The molecule has 1 aromatic carbocycles. The molecule has 2 N–H and O–H groups in total. The first-order valence-corrected chi connectivity index (χ1v) is 7.46. The van der Waals surface area contributed by atoms with Crippen LogP contribution in [-0.4, -0.2) is 22.7 Å². The average Bonchev–Trinajstić information content (AvgIpc) is 3.27. The van der Waals surface area contributed by atoms with Gasteiger partial charge in [0.2, 0.25) is 5.89 Å². The maximum Gasteiger partial charge on any atom is 0.416 e. The van der Waals surface area contributed by atoms with Crippen molar-refractivity contribution in [3.8, 4) is 0 Å². The minimum atomic E-state index is -4.40. The predicted octanol–water partition coefficient (Wildman–Crippen LogP) is 3.33. The van der Waals surface area contributed by atoms with Crippen molar-refractivity contribution in [2.75, 3.05) is 11.9 Å². The van der Waals surface area contributed by atoms with E-state index >= 15 is 0 Å². The third-order valence-corrected chi connectivity index (χ3v) is 3.51. The van der Waals surface area contributed by atoms with Crippen molar-refractivity contribution in [1.82, 2.24) is 15.5 Å². The van der Waals surface area contributed by atoms with Crippen molar-refractivity contribution in [1.29, 1.82) is 0 Å². The first kappa shape index (κ1) is 16.3. The van der Waals surface area contributed by atoms with E-state index in [2.05, 4.69) is 20.8 Å². The molecule has 1 aromatic heterocycles. The quantitative estimate of drug-likeness (QED) is 0.875. The Kier molecular flexibility index (Phi) is 4.41. The summed E-state index contributed by atoms with van der Waals surface area (Å²) in [4.78, 5) is 15.9. The van der Waals surface area contributed by atoms with Crippen LogP contribution < -0.4 is 10.6 Å². The molecule has 1 heterocycles. The molecule has 1 aliphatic carbocycles. The normalized spacial score (nSPS) is 14.5. The zero-order valence-electron chi connectivity index (χ0n) is 12.6. The lowest BCUT2D eigenvalue weighted by molar-refractivity contribution is -0.137. The second-order valence-electron chi connectivity index (χ2n) is 5.53. The minimum Gasteiger partial charge on any atom is -0.339 e. The van der Waals surface area contributed by atoms with Gasteiger partial charge in [0.1, 0.15) is 0 Å². The fourth-order valence-electron chi connectivity index (χ4n) is 2.07. The van der Waals surface area contributed by atoms with Crippen LogP contribution in [0, 0.1) is 0 Å². The molecule has 0 saturated heterocycles. The highest BCUT2D eigenvalue weighted by Crippen LogP contribution is 2.38. The number of amides is 2. The molecule has 1 fully saturated rings. The fraction of sp³-hybridized carbons (Fsp3) is 0.400. The van der Waals surface area contributed by atoms with Gasteiger partial charge in [-0.25, -0.2) is 4.79 Å². The molecule has 1 saturated carbocycles. The number of carbonyl (C=O) groups excluding carboxylic acids is 1. The molecule has 0 radical (unpaired) electrons. The lowest BCUT2D eigenvalue weighted by Gasteiger charge is -2.09. The summed E-state index contributed by atoms with van der Waals surface area (Å²) in [5, 5.41) is 8.87. The highest BCUT2D eigenvalue weighted by molar-refractivity contribution is 5.89. The highest BCUT2D eigenvalue weighted by atomic mass is 19.4. The van der Waals surface area contributed by atoms with Crippen molar-refractivity contribution >= 4 is 11.7 Å². The van der Waals surface area contributed by atoms with Crippen molar-refractivity contribution in [2.24, 2.45) is 0 Å². The Morgan fingerprint density at radius 1 is 1.25 bits per heavy atom. The second-order valence-corrected chi connectivity index (χ2v) is 5.53. The SMILES string of the molecule is O=C(NCCc1noc(C2CC2)n1)Nc1ccc(C(F)(F)F)cc1. The highest BCUT2D eigenvalue weighted by Gasteiger charge is 2.30.